The van der Waals surface area contributed by atoms with E-state index in [4.69, 9.17) is 5.73 Å². The van der Waals surface area contributed by atoms with Crippen molar-refractivity contribution in [3.8, 4) is 0 Å². The molecule has 2 bridgehead atoms. The molecule has 0 radical (unpaired) electrons. The normalized spacial score (nSPS) is 31.4. The van der Waals surface area contributed by atoms with Crippen molar-refractivity contribution in [1.29, 1.82) is 0 Å². The summed E-state index contributed by atoms with van der Waals surface area (Å²) in [6.07, 6.45) is -1.54. The van der Waals surface area contributed by atoms with Crippen LogP contribution in [0.4, 0.5) is 13.2 Å². The van der Waals surface area contributed by atoms with Gasteiger partial charge in [-0.25, -0.2) is 4.98 Å². The zero-order chi connectivity index (χ0) is 13.5. The van der Waals surface area contributed by atoms with Crippen LogP contribution in [-0.4, -0.2) is 10.5 Å². The Balaban J connectivity index is 0.00000121. The monoisotopic (exact) mass is 320 g/mol. The Bertz CT molecular complexity index is 675. The predicted molar refractivity (Wildman–Crippen MR) is 74.3 cm³/mol. The quantitative estimate of drug-likeness (QED) is 0.866. The minimum atomic E-state index is -4.31. The van der Waals surface area contributed by atoms with Crippen molar-refractivity contribution in [1.82, 2.24) is 4.98 Å². The van der Waals surface area contributed by atoms with Crippen LogP contribution in [0.2, 0.25) is 0 Å². The Labute approximate surface area is 123 Å². The van der Waals surface area contributed by atoms with Crippen molar-refractivity contribution in [2.45, 2.75) is 36.4 Å². The van der Waals surface area contributed by atoms with Crippen LogP contribution in [0, 0.1) is 0 Å². The molecule has 108 valence electrons. The highest BCUT2D eigenvalue weighted by molar-refractivity contribution is 7.18. The first-order valence-electron chi connectivity index (χ1n) is 6.07. The van der Waals surface area contributed by atoms with E-state index in [1.807, 2.05) is 0 Å². The third-order valence-electron chi connectivity index (χ3n) is 4.24. The van der Waals surface area contributed by atoms with Gasteiger partial charge in [0.05, 0.1) is 15.8 Å². The average Bonchev–Trinajstić information content (AvgIpc) is 2.64. The van der Waals surface area contributed by atoms with E-state index in [1.54, 1.807) is 0 Å². The molecule has 20 heavy (non-hydrogen) atoms. The summed E-state index contributed by atoms with van der Waals surface area (Å²) < 4.78 is 38.8. The lowest BCUT2D eigenvalue weighted by Crippen LogP contribution is -2.74. The summed E-state index contributed by atoms with van der Waals surface area (Å²) in [7, 11) is 0. The first kappa shape index (κ1) is 14.1. The number of alkyl halides is 3. The summed E-state index contributed by atoms with van der Waals surface area (Å²) in [6, 6.07) is 3.78. The van der Waals surface area contributed by atoms with Gasteiger partial charge in [0.15, 0.2) is 0 Å². The highest BCUT2D eigenvalue weighted by Crippen LogP contribution is 2.67. The smallest absolute Gasteiger partial charge is 0.325 e. The van der Waals surface area contributed by atoms with Crippen LogP contribution in [0.25, 0.3) is 10.2 Å². The summed E-state index contributed by atoms with van der Waals surface area (Å²) in [4.78, 5) is 4.41. The van der Waals surface area contributed by atoms with E-state index in [-0.39, 0.29) is 23.4 Å². The molecule has 3 aliphatic rings. The van der Waals surface area contributed by atoms with Gasteiger partial charge in [0.1, 0.15) is 5.01 Å². The number of fused-ring (bicyclic) bond motifs is 1. The lowest BCUT2D eigenvalue weighted by atomic mass is 9.40. The van der Waals surface area contributed by atoms with Gasteiger partial charge in [-0.2, -0.15) is 13.2 Å². The molecule has 0 unspecified atom stereocenters. The topological polar surface area (TPSA) is 38.9 Å². The molecule has 3 aliphatic carbocycles. The minimum Gasteiger partial charge on any atom is -0.325 e. The molecule has 0 amide bonds. The summed E-state index contributed by atoms with van der Waals surface area (Å²) >= 11 is 1.50. The molecule has 0 spiro atoms. The Morgan fingerprint density at radius 1 is 1.20 bits per heavy atom. The lowest BCUT2D eigenvalue weighted by molar-refractivity contribution is -0.137. The number of rotatable bonds is 1. The van der Waals surface area contributed by atoms with Crippen molar-refractivity contribution >= 4 is 34.0 Å². The second-order valence-corrected chi connectivity index (χ2v) is 6.90. The van der Waals surface area contributed by atoms with E-state index in [1.165, 1.54) is 17.4 Å². The highest BCUT2D eigenvalue weighted by atomic mass is 35.5. The van der Waals surface area contributed by atoms with Crippen LogP contribution in [0.3, 0.4) is 0 Å². The molecule has 0 atom stereocenters. The van der Waals surface area contributed by atoms with E-state index < -0.39 is 11.7 Å². The van der Waals surface area contributed by atoms with E-state index in [2.05, 4.69) is 4.98 Å². The Hall–Kier alpha value is -0.850. The average molecular weight is 321 g/mol. The lowest BCUT2D eigenvalue weighted by Gasteiger charge is -2.68. The van der Waals surface area contributed by atoms with Gasteiger partial charge in [0, 0.05) is 11.0 Å². The third-order valence-corrected chi connectivity index (χ3v) is 5.52. The SMILES string of the molecule is Cl.NC12CC(c3nc4cc(C(F)(F)F)ccc4s3)(C1)C2. The zero-order valence-corrected chi connectivity index (χ0v) is 12.0. The maximum atomic E-state index is 12.7. The first-order valence-corrected chi connectivity index (χ1v) is 6.89. The first-order chi connectivity index (χ1) is 8.80. The summed E-state index contributed by atoms with van der Waals surface area (Å²) in [5, 5.41) is 0.953. The molecule has 2 N–H and O–H groups in total. The molecule has 2 aromatic rings. The van der Waals surface area contributed by atoms with Gasteiger partial charge >= 0.3 is 6.18 Å². The highest BCUT2D eigenvalue weighted by Gasteiger charge is 2.67. The number of aromatic nitrogens is 1. The number of hydrogen-bond donors (Lipinski definition) is 1. The van der Waals surface area contributed by atoms with Crippen molar-refractivity contribution in [3.05, 3.63) is 28.8 Å². The minimum absolute atomic E-state index is 0. The third kappa shape index (κ3) is 1.78. The Morgan fingerprint density at radius 2 is 1.85 bits per heavy atom. The summed E-state index contributed by atoms with van der Waals surface area (Å²) in [5.41, 5.74) is 5.88. The van der Waals surface area contributed by atoms with Gasteiger partial charge in [-0.3, -0.25) is 0 Å². The van der Waals surface area contributed by atoms with Crippen molar-refractivity contribution < 1.29 is 13.2 Å². The molecule has 3 fully saturated rings. The predicted octanol–water partition coefficient (Wildman–Crippen LogP) is 3.87. The van der Waals surface area contributed by atoms with Gasteiger partial charge in [-0.15, -0.1) is 23.7 Å². The van der Waals surface area contributed by atoms with Gasteiger partial charge in [-0.1, -0.05) is 0 Å². The molecule has 3 saturated carbocycles. The summed E-state index contributed by atoms with van der Waals surface area (Å²) in [6.45, 7) is 0. The number of halogens is 4. The maximum Gasteiger partial charge on any atom is 0.416 e. The molecule has 5 rings (SSSR count). The van der Waals surface area contributed by atoms with Crippen LogP contribution < -0.4 is 5.73 Å². The van der Waals surface area contributed by atoms with Gasteiger partial charge in [0.25, 0.3) is 0 Å². The van der Waals surface area contributed by atoms with E-state index in [0.29, 0.717) is 5.52 Å². The fourth-order valence-electron chi connectivity index (χ4n) is 3.42. The number of thiazole rings is 1. The van der Waals surface area contributed by atoms with Crippen LogP contribution >= 0.6 is 23.7 Å². The van der Waals surface area contributed by atoms with Crippen LogP contribution in [0.1, 0.15) is 29.8 Å². The van der Waals surface area contributed by atoms with E-state index in [0.717, 1.165) is 41.1 Å². The second kappa shape index (κ2) is 3.87. The number of nitrogens with two attached hydrogens (primary N) is 1. The molecule has 7 heteroatoms. The molecule has 2 nitrogen and oxygen atoms in total. The Morgan fingerprint density at radius 3 is 2.40 bits per heavy atom. The number of nitrogens with zero attached hydrogens (tertiary/aromatic N) is 1. The fraction of sp³-hybridized carbons (Fsp3) is 0.462. The molecule has 1 aromatic heterocycles. The van der Waals surface area contributed by atoms with Gasteiger partial charge in [0.2, 0.25) is 0 Å². The van der Waals surface area contributed by atoms with Crippen LogP contribution in [-0.2, 0) is 11.6 Å². The molecular formula is C13H12ClF3N2S. The molecular weight excluding hydrogens is 309 g/mol. The molecule has 1 heterocycles. The van der Waals surface area contributed by atoms with Crippen LogP contribution in [0.15, 0.2) is 18.2 Å². The molecule has 0 saturated heterocycles. The van der Waals surface area contributed by atoms with Crippen molar-refractivity contribution in [2.75, 3.05) is 0 Å². The van der Waals surface area contributed by atoms with Crippen molar-refractivity contribution in [2.24, 2.45) is 5.73 Å². The molecule has 0 aliphatic heterocycles. The fourth-order valence-corrected chi connectivity index (χ4v) is 4.55. The standard InChI is InChI=1S/C13H11F3N2S.ClH/c14-13(15,16)7-1-2-9-8(3-7)18-10(19-9)11-4-12(17,5-11)6-11;/h1-3H,4-6,17H2;1H. The van der Waals surface area contributed by atoms with Gasteiger partial charge < -0.3 is 5.73 Å². The summed E-state index contributed by atoms with van der Waals surface area (Å²) in [5.74, 6) is 0. The maximum absolute atomic E-state index is 12.7. The van der Waals surface area contributed by atoms with E-state index in [9.17, 15) is 13.2 Å². The zero-order valence-electron chi connectivity index (χ0n) is 10.3. The van der Waals surface area contributed by atoms with Crippen LogP contribution in [0.5, 0.6) is 0 Å². The molecule has 1 aromatic carbocycles. The second-order valence-electron chi connectivity index (χ2n) is 5.87. The van der Waals surface area contributed by atoms with Crippen molar-refractivity contribution in [3.63, 3.8) is 0 Å². The van der Waals surface area contributed by atoms with E-state index >= 15 is 0 Å². The largest absolute Gasteiger partial charge is 0.416 e. The number of hydrogen-bond acceptors (Lipinski definition) is 3. The number of benzene rings is 1. The Kier molecular flexibility index (Phi) is 2.73. The van der Waals surface area contributed by atoms with Gasteiger partial charge in [-0.05, 0) is 37.5 Å².